The van der Waals surface area contributed by atoms with E-state index in [0.29, 0.717) is 23.2 Å². The van der Waals surface area contributed by atoms with E-state index in [1.54, 1.807) is 45.0 Å². The third-order valence-electron chi connectivity index (χ3n) is 3.54. The van der Waals surface area contributed by atoms with Gasteiger partial charge in [-0.1, -0.05) is 30.3 Å². The molecule has 0 unspecified atom stereocenters. The average Bonchev–Trinajstić information content (AvgIpc) is 2.61. The minimum atomic E-state index is -0.707. The zero-order valence-electron chi connectivity index (χ0n) is 14.4. The van der Waals surface area contributed by atoms with Crippen LogP contribution < -0.4 is 0 Å². The summed E-state index contributed by atoms with van der Waals surface area (Å²) in [7, 11) is 0. The maximum Gasteiger partial charge on any atom is 0.341 e. The molecular formula is C19H19NO5. The Morgan fingerprint density at radius 3 is 2.08 bits per heavy atom. The normalized spacial score (nSPS) is 10.2. The molecule has 0 spiro atoms. The first kappa shape index (κ1) is 18.3. The zero-order valence-corrected chi connectivity index (χ0v) is 14.4. The lowest BCUT2D eigenvalue weighted by molar-refractivity contribution is 0.0520. The van der Waals surface area contributed by atoms with E-state index in [1.807, 2.05) is 6.07 Å². The van der Waals surface area contributed by atoms with Gasteiger partial charge in [-0.15, -0.1) is 0 Å². The van der Waals surface area contributed by atoms with Crippen molar-refractivity contribution >= 4 is 18.2 Å². The van der Waals surface area contributed by atoms with Crippen molar-refractivity contribution in [1.82, 2.24) is 4.98 Å². The number of ether oxygens (including phenoxy) is 2. The molecule has 1 aromatic heterocycles. The summed E-state index contributed by atoms with van der Waals surface area (Å²) < 4.78 is 10.1. The van der Waals surface area contributed by atoms with Crippen molar-refractivity contribution < 1.29 is 23.9 Å². The summed E-state index contributed by atoms with van der Waals surface area (Å²) in [6, 6.07) is 8.95. The fourth-order valence-corrected chi connectivity index (χ4v) is 2.52. The van der Waals surface area contributed by atoms with Gasteiger partial charge < -0.3 is 9.47 Å². The van der Waals surface area contributed by atoms with Gasteiger partial charge in [-0.2, -0.15) is 0 Å². The Labute approximate surface area is 145 Å². The van der Waals surface area contributed by atoms with Gasteiger partial charge in [0.1, 0.15) is 0 Å². The number of carbonyl (C=O) groups is 3. The van der Waals surface area contributed by atoms with Gasteiger partial charge >= 0.3 is 11.9 Å². The lowest BCUT2D eigenvalue weighted by atomic mass is 9.96. The Morgan fingerprint density at radius 2 is 1.56 bits per heavy atom. The molecule has 0 aliphatic carbocycles. The van der Waals surface area contributed by atoms with Gasteiger partial charge in [-0.25, -0.2) is 9.59 Å². The molecule has 0 amide bonds. The highest BCUT2D eigenvalue weighted by molar-refractivity contribution is 6.09. The molecule has 0 aliphatic heterocycles. The fourth-order valence-electron chi connectivity index (χ4n) is 2.52. The highest BCUT2D eigenvalue weighted by Crippen LogP contribution is 2.29. The minimum absolute atomic E-state index is 0.0143. The number of hydrogen-bond acceptors (Lipinski definition) is 6. The van der Waals surface area contributed by atoms with Crippen molar-refractivity contribution in [3.8, 4) is 11.3 Å². The number of esters is 2. The molecule has 0 atom stereocenters. The Bertz CT molecular complexity index is 799. The van der Waals surface area contributed by atoms with E-state index >= 15 is 0 Å². The molecule has 25 heavy (non-hydrogen) atoms. The molecule has 130 valence electrons. The van der Waals surface area contributed by atoms with Crippen LogP contribution in [0.1, 0.15) is 50.6 Å². The van der Waals surface area contributed by atoms with Crippen molar-refractivity contribution in [2.24, 2.45) is 0 Å². The van der Waals surface area contributed by atoms with Crippen LogP contribution in [0.25, 0.3) is 11.3 Å². The van der Waals surface area contributed by atoms with E-state index in [0.717, 1.165) is 0 Å². The third kappa shape index (κ3) is 3.74. The Balaban J connectivity index is 2.81. The molecule has 0 saturated heterocycles. The van der Waals surface area contributed by atoms with Crippen molar-refractivity contribution in [1.29, 1.82) is 0 Å². The summed E-state index contributed by atoms with van der Waals surface area (Å²) in [6.45, 7) is 5.20. The molecule has 0 bridgehead atoms. The number of aromatic nitrogens is 1. The molecule has 1 aromatic carbocycles. The first-order valence-electron chi connectivity index (χ1n) is 7.94. The second-order valence-electron chi connectivity index (χ2n) is 5.13. The molecule has 0 fully saturated rings. The van der Waals surface area contributed by atoms with Gasteiger partial charge in [-0.05, 0) is 20.8 Å². The Kier molecular flexibility index (Phi) is 6.00. The summed E-state index contributed by atoms with van der Waals surface area (Å²) in [4.78, 5) is 40.9. The van der Waals surface area contributed by atoms with Crippen LogP contribution in [0.15, 0.2) is 30.3 Å². The fraction of sp³-hybridized carbons (Fsp3) is 0.263. The lowest BCUT2D eigenvalue weighted by Crippen LogP contribution is -2.19. The topological polar surface area (TPSA) is 82.6 Å². The number of aryl methyl sites for hydroxylation is 1. The Morgan fingerprint density at radius 1 is 1.00 bits per heavy atom. The SMILES string of the molecule is CCOC(=O)c1c(C)nc(-c2ccccc2)c(C(=O)OCC)c1C=O. The van der Waals surface area contributed by atoms with E-state index < -0.39 is 11.9 Å². The maximum atomic E-state index is 12.5. The van der Waals surface area contributed by atoms with Crippen molar-refractivity contribution in [2.45, 2.75) is 20.8 Å². The molecular weight excluding hydrogens is 322 g/mol. The maximum absolute atomic E-state index is 12.5. The van der Waals surface area contributed by atoms with E-state index in [4.69, 9.17) is 9.47 Å². The number of benzene rings is 1. The highest BCUT2D eigenvalue weighted by Gasteiger charge is 2.28. The molecule has 2 aromatic rings. The van der Waals surface area contributed by atoms with Gasteiger partial charge in [0.25, 0.3) is 0 Å². The highest BCUT2D eigenvalue weighted by atomic mass is 16.5. The molecule has 0 aliphatic rings. The van der Waals surface area contributed by atoms with Gasteiger partial charge in [0, 0.05) is 11.1 Å². The van der Waals surface area contributed by atoms with Gasteiger partial charge in [-0.3, -0.25) is 9.78 Å². The second kappa shape index (κ2) is 8.19. The van der Waals surface area contributed by atoms with Gasteiger partial charge in [0.15, 0.2) is 6.29 Å². The number of aldehydes is 1. The van der Waals surface area contributed by atoms with Crippen LogP contribution in [-0.2, 0) is 9.47 Å². The zero-order chi connectivity index (χ0) is 18.4. The first-order chi connectivity index (χ1) is 12.0. The number of pyridine rings is 1. The molecule has 6 nitrogen and oxygen atoms in total. The van der Waals surface area contributed by atoms with Crippen LogP contribution in [0.5, 0.6) is 0 Å². The molecule has 0 N–H and O–H groups in total. The summed E-state index contributed by atoms with van der Waals surface area (Å²) in [5.74, 6) is -1.40. The first-order valence-corrected chi connectivity index (χ1v) is 7.94. The van der Waals surface area contributed by atoms with Gasteiger partial charge in [0.2, 0.25) is 0 Å². The largest absolute Gasteiger partial charge is 0.462 e. The van der Waals surface area contributed by atoms with E-state index in [9.17, 15) is 14.4 Å². The van der Waals surface area contributed by atoms with Crippen LogP contribution in [-0.4, -0.2) is 36.4 Å². The predicted octanol–water partition coefficient (Wildman–Crippen LogP) is 3.22. The van der Waals surface area contributed by atoms with E-state index in [2.05, 4.69) is 4.98 Å². The lowest BCUT2D eigenvalue weighted by Gasteiger charge is -2.16. The molecule has 6 heteroatoms. The summed E-state index contributed by atoms with van der Waals surface area (Å²) in [5.41, 5.74) is 1.14. The average molecular weight is 341 g/mol. The summed E-state index contributed by atoms with van der Waals surface area (Å²) in [6.07, 6.45) is 0.472. The third-order valence-corrected chi connectivity index (χ3v) is 3.54. The number of rotatable bonds is 6. The molecule has 2 rings (SSSR count). The predicted molar refractivity (Wildman–Crippen MR) is 91.7 cm³/mol. The van der Waals surface area contributed by atoms with Crippen LogP contribution >= 0.6 is 0 Å². The van der Waals surface area contributed by atoms with Crippen LogP contribution in [0, 0.1) is 6.92 Å². The van der Waals surface area contributed by atoms with Crippen molar-refractivity contribution in [3.05, 3.63) is 52.7 Å². The standard InChI is InChI=1S/C19H19NO5/c1-4-24-18(22)15-12(3)20-17(13-9-7-6-8-10-13)16(14(15)11-21)19(23)25-5-2/h6-11H,4-5H2,1-3H3. The van der Waals surface area contributed by atoms with Crippen molar-refractivity contribution in [3.63, 3.8) is 0 Å². The monoisotopic (exact) mass is 341 g/mol. The smallest absolute Gasteiger partial charge is 0.341 e. The molecule has 0 saturated carbocycles. The summed E-state index contributed by atoms with van der Waals surface area (Å²) in [5, 5.41) is 0. The van der Waals surface area contributed by atoms with Crippen LogP contribution in [0.2, 0.25) is 0 Å². The van der Waals surface area contributed by atoms with Gasteiger partial charge in [0.05, 0.1) is 35.7 Å². The van der Waals surface area contributed by atoms with Crippen molar-refractivity contribution in [2.75, 3.05) is 13.2 Å². The summed E-state index contributed by atoms with van der Waals surface area (Å²) >= 11 is 0. The van der Waals surface area contributed by atoms with Crippen LogP contribution in [0.3, 0.4) is 0 Å². The van der Waals surface area contributed by atoms with E-state index in [1.165, 1.54) is 0 Å². The Hall–Kier alpha value is -3.02. The number of hydrogen-bond donors (Lipinski definition) is 0. The van der Waals surface area contributed by atoms with Crippen LogP contribution in [0.4, 0.5) is 0 Å². The molecule has 0 radical (unpaired) electrons. The van der Waals surface area contributed by atoms with E-state index in [-0.39, 0.29) is 29.9 Å². The quantitative estimate of drug-likeness (QED) is 0.592. The second-order valence-corrected chi connectivity index (χ2v) is 5.13. The number of nitrogens with zero attached hydrogens (tertiary/aromatic N) is 1. The number of carbonyl (C=O) groups excluding carboxylic acids is 3. The minimum Gasteiger partial charge on any atom is -0.462 e. The molecule has 1 heterocycles.